The number of hydrogen-bond donors (Lipinski definition) is 1. The van der Waals surface area contributed by atoms with Gasteiger partial charge in [-0.15, -0.1) is 0 Å². The number of ketones is 2. The van der Waals surface area contributed by atoms with Crippen LogP contribution in [0.25, 0.3) is 5.73 Å². The quantitative estimate of drug-likeness (QED) is 0.465. The van der Waals surface area contributed by atoms with Crippen molar-refractivity contribution in [3.8, 4) is 0 Å². The predicted octanol–water partition coefficient (Wildman–Crippen LogP) is 1.20. The van der Waals surface area contributed by atoms with Gasteiger partial charge >= 0.3 is 5.97 Å². The molecule has 0 amide bonds. The van der Waals surface area contributed by atoms with E-state index in [-0.39, 0.29) is 65.8 Å². The number of nitrogens with zero attached hydrogens (tertiary/aromatic N) is 1. The fourth-order valence-electron chi connectivity index (χ4n) is 2.12. The van der Waals surface area contributed by atoms with E-state index in [1.807, 2.05) is 0 Å². The third-order valence-corrected chi connectivity index (χ3v) is 3.28. The number of Topliss-reactive ketones (excluding diaryl/α,β-unsaturated/α-hetero) is 2. The minimum absolute atomic E-state index is 0. The fourth-order valence-corrected chi connectivity index (χ4v) is 2.12. The predicted molar refractivity (Wildman–Crippen MR) is 79.5 cm³/mol. The van der Waals surface area contributed by atoms with Gasteiger partial charge in [-0.1, -0.05) is 19.0 Å². The number of hydrogen-bond acceptors (Lipinski definition) is 4. The van der Waals surface area contributed by atoms with Gasteiger partial charge in [0, 0.05) is 84.2 Å². The molecule has 0 saturated carbocycles. The van der Waals surface area contributed by atoms with E-state index in [1.165, 1.54) is 22.9 Å². The Morgan fingerprint density at radius 3 is 2.42 bits per heavy atom. The summed E-state index contributed by atoms with van der Waals surface area (Å²) in [5, 5.41) is 8.58. The number of carboxylic acid groups (broad SMARTS) is 1. The molecule has 0 bridgehead atoms. The second-order valence-corrected chi connectivity index (χ2v) is 4.93. The number of aromatic nitrogens is 1. The molecule has 0 aliphatic carbocycles. The Hall–Kier alpha value is -0.618. The molecular weight excluding hydrogens is 561 g/mol. The van der Waals surface area contributed by atoms with Crippen LogP contribution in [0.15, 0.2) is 23.1 Å². The Kier molecular flexibility index (Phi) is 12.7. The maximum atomic E-state index is 12.3. The van der Waals surface area contributed by atoms with Gasteiger partial charge in [-0.3, -0.25) is 9.59 Å². The molecule has 2 atom stereocenters. The topological polar surface area (TPSA) is 117 Å². The zero-order valence-electron chi connectivity index (χ0n) is 13.2. The zero-order valence-corrected chi connectivity index (χ0v) is 19.0. The third-order valence-electron chi connectivity index (χ3n) is 3.28. The first kappa shape index (κ1) is 25.6. The molecule has 7 nitrogen and oxygen atoms in total. The Morgan fingerprint density at radius 1 is 1.38 bits per heavy atom. The average molecular weight is 579 g/mol. The SMILES string of the molecule is [CH2-]C(=O)C(CC)n1cccc(CC(=O)[C@@H]([NH-])CC(=O)O)c1=O.[W].[Y]. The van der Waals surface area contributed by atoms with Gasteiger partial charge < -0.3 is 31.9 Å². The smallest absolute Gasteiger partial charge is 0.302 e. The summed E-state index contributed by atoms with van der Waals surface area (Å²) in [7, 11) is 0. The zero-order chi connectivity index (χ0) is 16.9. The van der Waals surface area contributed by atoms with E-state index >= 15 is 0 Å². The van der Waals surface area contributed by atoms with Crippen LogP contribution in [0.2, 0.25) is 0 Å². The maximum Gasteiger partial charge on any atom is 0.302 e. The van der Waals surface area contributed by atoms with Crippen LogP contribution >= 0.6 is 0 Å². The summed E-state index contributed by atoms with van der Waals surface area (Å²) in [6.45, 7) is 5.06. The summed E-state index contributed by atoms with van der Waals surface area (Å²) < 4.78 is 1.22. The van der Waals surface area contributed by atoms with Crippen molar-refractivity contribution in [1.82, 2.24) is 4.57 Å². The molecule has 1 radical (unpaired) electrons. The van der Waals surface area contributed by atoms with E-state index in [0.29, 0.717) is 6.42 Å². The summed E-state index contributed by atoms with van der Waals surface area (Å²) >= 11 is 0. The van der Waals surface area contributed by atoms with Crippen LogP contribution in [-0.2, 0) is 74.6 Å². The normalized spacial score (nSPS) is 12.2. The van der Waals surface area contributed by atoms with E-state index in [4.69, 9.17) is 10.8 Å². The van der Waals surface area contributed by atoms with Gasteiger partial charge in [0.15, 0.2) is 0 Å². The van der Waals surface area contributed by atoms with Crippen LogP contribution in [0.4, 0.5) is 0 Å². The van der Waals surface area contributed by atoms with Crippen molar-refractivity contribution in [2.75, 3.05) is 0 Å². The van der Waals surface area contributed by atoms with Gasteiger partial charge in [-0.05, 0) is 12.5 Å². The molecule has 0 aliphatic rings. The van der Waals surface area contributed by atoms with Gasteiger partial charge in [0.2, 0.25) is 0 Å². The van der Waals surface area contributed by atoms with Crippen LogP contribution in [-0.4, -0.2) is 33.3 Å². The van der Waals surface area contributed by atoms with Crippen molar-refractivity contribution >= 4 is 17.5 Å². The molecule has 129 valence electrons. The Balaban J connectivity index is 0. The average Bonchev–Trinajstić information content (AvgIpc) is 2.42. The first-order valence-corrected chi connectivity index (χ1v) is 6.79. The van der Waals surface area contributed by atoms with Crippen molar-refractivity contribution in [3.63, 3.8) is 0 Å². The molecule has 1 heterocycles. The van der Waals surface area contributed by atoms with Gasteiger partial charge in [-0.25, -0.2) is 0 Å². The minimum atomic E-state index is -1.41. The number of rotatable bonds is 8. The molecule has 0 saturated heterocycles. The fraction of sp³-hybridized carbons (Fsp3) is 0.400. The summed E-state index contributed by atoms with van der Waals surface area (Å²) in [6.07, 6.45) is 0.903. The van der Waals surface area contributed by atoms with Crippen molar-refractivity contribution in [3.05, 3.63) is 46.9 Å². The molecule has 1 aromatic heterocycles. The van der Waals surface area contributed by atoms with E-state index < -0.39 is 41.6 Å². The molecule has 0 aromatic carbocycles. The number of carboxylic acids is 1. The summed E-state index contributed by atoms with van der Waals surface area (Å²) in [4.78, 5) is 46.1. The van der Waals surface area contributed by atoms with Crippen molar-refractivity contribution < 1.29 is 73.3 Å². The van der Waals surface area contributed by atoms with Gasteiger partial charge in [0.05, 0.1) is 6.04 Å². The molecular formula is C15H18N2O5WY-2. The Morgan fingerprint density at radius 2 is 1.96 bits per heavy atom. The number of carbonyl (C=O) groups is 3. The van der Waals surface area contributed by atoms with Crippen molar-refractivity contribution in [2.24, 2.45) is 0 Å². The molecule has 0 spiro atoms. The van der Waals surface area contributed by atoms with Crippen LogP contribution in [0.5, 0.6) is 0 Å². The van der Waals surface area contributed by atoms with Crippen LogP contribution < -0.4 is 5.56 Å². The first-order chi connectivity index (χ1) is 10.3. The van der Waals surface area contributed by atoms with E-state index in [1.54, 1.807) is 6.92 Å². The van der Waals surface area contributed by atoms with Gasteiger partial charge in [0.25, 0.3) is 5.56 Å². The number of pyridine rings is 1. The maximum absolute atomic E-state index is 12.3. The second-order valence-electron chi connectivity index (χ2n) is 4.93. The molecule has 9 heteroatoms. The molecule has 1 unspecified atom stereocenters. The molecule has 24 heavy (non-hydrogen) atoms. The Labute approximate surface area is 179 Å². The molecule has 1 aromatic rings. The van der Waals surface area contributed by atoms with Crippen molar-refractivity contribution in [2.45, 2.75) is 38.3 Å². The summed E-state index contributed by atoms with van der Waals surface area (Å²) in [5.41, 5.74) is 7.10. The first-order valence-electron chi connectivity index (χ1n) is 6.79. The van der Waals surface area contributed by atoms with Crippen molar-refractivity contribution in [1.29, 1.82) is 0 Å². The summed E-state index contributed by atoms with van der Waals surface area (Å²) in [6, 6.07) is 0.853. The molecule has 1 rings (SSSR count). The molecule has 0 fully saturated rings. The summed E-state index contributed by atoms with van der Waals surface area (Å²) in [5.74, 6) is -2.30. The van der Waals surface area contributed by atoms with Crippen LogP contribution in [0, 0.1) is 6.92 Å². The second kappa shape index (κ2) is 11.9. The number of nitrogens with one attached hydrogen (secondary N) is 1. The van der Waals surface area contributed by atoms with E-state index in [2.05, 4.69) is 6.92 Å². The monoisotopic (exact) mass is 579 g/mol. The van der Waals surface area contributed by atoms with E-state index in [9.17, 15) is 19.2 Å². The molecule has 2 N–H and O–H groups in total. The van der Waals surface area contributed by atoms with Gasteiger partial charge in [-0.2, -0.15) is 0 Å². The number of aliphatic carboxylic acids is 1. The minimum Gasteiger partial charge on any atom is -0.668 e. The van der Waals surface area contributed by atoms with Gasteiger partial charge in [0.1, 0.15) is 5.78 Å². The van der Waals surface area contributed by atoms with E-state index in [0.717, 1.165) is 0 Å². The largest absolute Gasteiger partial charge is 0.668 e. The number of carbonyl (C=O) groups excluding carboxylic acids is 2. The third kappa shape index (κ3) is 7.10. The molecule has 0 aliphatic heterocycles. The Bertz CT molecular complexity index is 647. The standard InChI is InChI=1S/C15H18N2O5.W.Y/c1-3-12(9(2)18)17-6-4-5-10(15(17)22)7-13(19)11(16)8-14(20)21;;/h4-6,11-12,16H,2-3,7-8H2,1H3,(H,20,21);;/q-2;;/t11-,12?;;/m0../s1. The van der Waals surface area contributed by atoms with Crippen LogP contribution in [0.3, 0.4) is 0 Å². The van der Waals surface area contributed by atoms with Crippen LogP contribution in [0.1, 0.15) is 31.4 Å².